The lowest BCUT2D eigenvalue weighted by molar-refractivity contribution is -0.143. The summed E-state index contributed by atoms with van der Waals surface area (Å²) >= 11 is 0. The van der Waals surface area contributed by atoms with Crippen LogP contribution in [0, 0.1) is 0 Å². The molecule has 1 aromatic carbocycles. The third-order valence-corrected chi connectivity index (χ3v) is 2.39. The monoisotopic (exact) mass is 301 g/mol. The Balaban J connectivity index is 3.42. The molecule has 0 bridgehead atoms. The Labute approximate surface area is 109 Å². The number of alkyl halides is 6. The van der Waals surface area contributed by atoms with Gasteiger partial charge in [-0.2, -0.15) is 26.3 Å². The lowest BCUT2D eigenvalue weighted by Crippen LogP contribution is -2.26. The molecule has 20 heavy (non-hydrogen) atoms. The molecule has 0 unspecified atom stereocenters. The van der Waals surface area contributed by atoms with Crippen molar-refractivity contribution in [2.24, 2.45) is 0 Å². The normalized spacial score (nSPS) is 12.4. The number of carbonyl (C=O) groups excluding carboxylic acids is 1. The summed E-state index contributed by atoms with van der Waals surface area (Å²) in [5.41, 5.74) is -3.88. The van der Waals surface area contributed by atoms with Gasteiger partial charge in [0, 0.05) is 12.6 Å². The zero-order valence-electron chi connectivity index (χ0n) is 10.3. The molecule has 3 nitrogen and oxygen atoms in total. The van der Waals surface area contributed by atoms with Gasteiger partial charge in [0.05, 0.1) is 18.2 Å². The van der Waals surface area contributed by atoms with Crippen LogP contribution in [0.1, 0.15) is 21.5 Å². The number of carbonyl (C=O) groups is 1. The van der Waals surface area contributed by atoms with Crippen molar-refractivity contribution in [2.75, 3.05) is 14.2 Å². The number of nitrogens with zero attached hydrogens (tertiary/aromatic N) is 1. The fraction of sp³-hybridized carbons (Fsp3) is 0.364. The van der Waals surface area contributed by atoms with Gasteiger partial charge in [0.1, 0.15) is 0 Å². The molecule has 0 atom stereocenters. The van der Waals surface area contributed by atoms with Gasteiger partial charge >= 0.3 is 12.4 Å². The molecule has 112 valence electrons. The molecule has 1 amide bonds. The highest BCUT2D eigenvalue weighted by atomic mass is 19.4. The molecule has 9 heteroatoms. The minimum Gasteiger partial charge on any atom is -0.274 e. The van der Waals surface area contributed by atoms with Crippen molar-refractivity contribution in [3.05, 3.63) is 34.9 Å². The quantitative estimate of drug-likeness (QED) is 0.619. The maximum Gasteiger partial charge on any atom is 0.416 e. The largest absolute Gasteiger partial charge is 0.416 e. The highest BCUT2D eigenvalue weighted by Crippen LogP contribution is 2.36. The molecule has 0 heterocycles. The molecular weight excluding hydrogens is 292 g/mol. The van der Waals surface area contributed by atoms with Crippen LogP contribution in [0.4, 0.5) is 26.3 Å². The van der Waals surface area contributed by atoms with Gasteiger partial charge in [0.2, 0.25) is 0 Å². The van der Waals surface area contributed by atoms with E-state index in [4.69, 9.17) is 0 Å². The average Bonchev–Trinajstić information content (AvgIpc) is 2.34. The number of benzene rings is 1. The Morgan fingerprint density at radius 2 is 1.40 bits per heavy atom. The second-order valence-corrected chi connectivity index (χ2v) is 3.78. The SMILES string of the molecule is CON(C)C(=O)c1cc(C(F)(F)F)cc(C(F)(F)F)c1. The molecule has 0 saturated heterocycles. The zero-order valence-corrected chi connectivity index (χ0v) is 10.3. The van der Waals surface area contributed by atoms with Crippen molar-refractivity contribution in [2.45, 2.75) is 12.4 Å². The Morgan fingerprint density at radius 1 is 1.00 bits per heavy atom. The molecular formula is C11H9F6NO2. The number of hydrogen-bond donors (Lipinski definition) is 0. The summed E-state index contributed by atoms with van der Waals surface area (Å²) in [4.78, 5) is 16.0. The van der Waals surface area contributed by atoms with Crippen molar-refractivity contribution >= 4 is 5.91 Å². The summed E-state index contributed by atoms with van der Waals surface area (Å²) in [5.74, 6) is -1.12. The van der Waals surface area contributed by atoms with E-state index in [9.17, 15) is 31.1 Å². The second-order valence-electron chi connectivity index (χ2n) is 3.78. The van der Waals surface area contributed by atoms with Gasteiger partial charge in [0.25, 0.3) is 5.91 Å². The Hall–Kier alpha value is -1.77. The molecule has 0 aliphatic heterocycles. The maximum atomic E-state index is 12.6. The zero-order chi connectivity index (χ0) is 15.7. The number of rotatable bonds is 2. The van der Waals surface area contributed by atoms with E-state index in [1.54, 1.807) is 0 Å². The van der Waals surface area contributed by atoms with Crippen molar-refractivity contribution in [3.8, 4) is 0 Å². The molecule has 0 N–H and O–H groups in total. The first-order valence-electron chi connectivity index (χ1n) is 5.08. The van der Waals surface area contributed by atoms with Gasteiger partial charge in [-0.1, -0.05) is 0 Å². The number of hydroxylamine groups is 2. The van der Waals surface area contributed by atoms with Crippen molar-refractivity contribution in [3.63, 3.8) is 0 Å². The van der Waals surface area contributed by atoms with E-state index in [0.29, 0.717) is 17.2 Å². The fourth-order valence-electron chi connectivity index (χ4n) is 1.34. The first kappa shape index (κ1) is 16.3. The Kier molecular flexibility index (Phi) is 4.33. The fourth-order valence-corrected chi connectivity index (χ4v) is 1.34. The maximum absolute atomic E-state index is 12.6. The molecule has 0 radical (unpaired) electrons. The standard InChI is InChI=1S/C11H9F6NO2/c1-18(20-2)9(19)6-3-7(10(12,13)14)5-8(4-6)11(15,16)17/h3-5H,1-2H3. The van der Waals surface area contributed by atoms with E-state index < -0.39 is 35.0 Å². The van der Waals surface area contributed by atoms with Crippen LogP contribution in [0.15, 0.2) is 18.2 Å². The molecule has 0 fully saturated rings. The number of amides is 1. The van der Waals surface area contributed by atoms with Gasteiger partial charge in [-0.15, -0.1) is 0 Å². The smallest absolute Gasteiger partial charge is 0.274 e. The minimum atomic E-state index is -5.00. The lowest BCUT2D eigenvalue weighted by Gasteiger charge is -2.17. The Morgan fingerprint density at radius 3 is 1.70 bits per heavy atom. The summed E-state index contributed by atoms with van der Waals surface area (Å²) in [7, 11) is 2.12. The molecule has 0 spiro atoms. The van der Waals surface area contributed by atoms with E-state index in [0.717, 1.165) is 14.2 Å². The van der Waals surface area contributed by atoms with Crippen LogP contribution in [-0.2, 0) is 17.2 Å². The molecule has 1 aromatic rings. The summed E-state index contributed by atoms with van der Waals surface area (Å²) < 4.78 is 75.4. The van der Waals surface area contributed by atoms with Gasteiger partial charge in [-0.25, -0.2) is 5.06 Å². The Bertz CT molecular complexity index is 476. The lowest BCUT2D eigenvalue weighted by atomic mass is 10.0. The van der Waals surface area contributed by atoms with E-state index in [-0.39, 0.29) is 6.07 Å². The predicted octanol–water partition coefficient (Wildman–Crippen LogP) is 3.36. The molecule has 0 aliphatic rings. The van der Waals surface area contributed by atoms with Gasteiger partial charge in [0.15, 0.2) is 0 Å². The van der Waals surface area contributed by atoms with E-state index in [1.165, 1.54) is 0 Å². The van der Waals surface area contributed by atoms with E-state index in [1.807, 2.05) is 0 Å². The van der Waals surface area contributed by atoms with E-state index in [2.05, 4.69) is 4.84 Å². The summed E-state index contributed by atoms with van der Waals surface area (Å²) in [6, 6.07) is 0.629. The van der Waals surface area contributed by atoms with Crippen molar-refractivity contribution < 1.29 is 36.0 Å². The van der Waals surface area contributed by atoms with E-state index >= 15 is 0 Å². The summed E-state index contributed by atoms with van der Waals surface area (Å²) in [5, 5.41) is 0.523. The first-order valence-corrected chi connectivity index (χ1v) is 5.08. The predicted molar refractivity (Wildman–Crippen MR) is 55.5 cm³/mol. The topological polar surface area (TPSA) is 29.5 Å². The van der Waals surface area contributed by atoms with Crippen LogP contribution in [0.5, 0.6) is 0 Å². The van der Waals surface area contributed by atoms with Crippen LogP contribution >= 0.6 is 0 Å². The van der Waals surface area contributed by atoms with Crippen LogP contribution in [-0.4, -0.2) is 25.1 Å². The first-order chi connectivity index (χ1) is 8.96. The van der Waals surface area contributed by atoms with Gasteiger partial charge in [-0.3, -0.25) is 9.63 Å². The van der Waals surface area contributed by atoms with Crippen LogP contribution in [0.3, 0.4) is 0 Å². The van der Waals surface area contributed by atoms with Gasteiger partial charge in [-0.05, 0) is 18.2 Å². The third kappa shape index (κ3) is 3.62. The summed E-state index contributed by atoms with van der Waals surface area (Å²) in [6.45, 7) is 0. The van der Waals surface area contributed by atoms with Crippen LogP contribution < -0.4 is 0 Å². The van der Waals surface area contributed by atoms with Crippen LogP contribution in [0.2, 0.25) is 0 Å². The third-order valence-electron chi connectivity index (χ3n) is 2.39. The second kappa shape index (κ2) is 5.31. The number of halogens is 6. The highest BCUT2D eigenvalue weighted by Gasteiger charge is 2.37. The molecule has 0 aromatic heterocycles. The highest BCUT2D eigenvalue weighted by molar-refractivity contribution is 5.93. The average molecular weight is 301 g/mol. The number of hydrogen-bond acceptors (Lipinski definition) is 2. The van der Waals surface area contributed by atoms with Crippen molar-refractivity contribution in [1.82, 2.24) is 5.06 Å². The summed E-state index contributed by atoms with van der Waals surface area (Å²) in [6.07, 6.45) is -10.00. The molecule has 0 saturated carbocycles. The molecule has 1 rings (SSSR count). The van der Waals surface area contributed by atoms with Gasteiger partial charge < -0.3 is 0 Å². The van der Waals surface area contributed by atoms with Crippen LogP contribution in [0.25, 0.3) is 0 Å². The van der Waals surface area contributed by atoms with Crippen molar-refractivity contribution in [1.29, 1.82) is 0 Å². The minimum absolute atomic E-state index is 0.0520. The molecule has 0 aliphatic carbocycles.